The summed E-state index contributed by atoms with van der Waals surface area (Å²) in [5.41, 5.74) is 3.88. The number of hydrogen-bond acceptors (Lipinski definition) is 2. The van der Waals surface area contributed by atoms with E-state index >= 15 is 0 Å². The van der Waals surface area contributed by atoms with E-state index in [2.05, 4.69) is 41.7 Å². The van der Waals surface area contributed by atoms with Crippen LogP contribution in [0, 0.1) is 0 Å². The zero-order valence-corrected chi connectivity index (χ0v) is 11.9. The quantitative estimate of drug-likeness (QED) is 0.862. The summed E-state index contributed by atoms with van der Waals surface area (Å²) in [6, 6.07) is 17.9. The lowest BCUT2D eigenvalue weighted by atomic mass is 10.0. The van der Waals surface area contributed by atoms with E-state index in [1.165, 1.54) is 29.5 Å². The molecule has 0 amide bonds. The van der Waals surface area contributed by atoms with Gasteiger partial charge in [-0.15, -0.1) is 0 Å². The fourth-order valence-corrected chi connectivity index (χ4v) is 2.36. The smallest absolute Gasteiger partial charge is 0.118 e. The van der Waals surface area contributed by atoms with Gasteiger partial charge in [-0.05, 0) is 54.6 Å². The van der Waals surface area contributed by atoms with Crippen LogP contribution in [0.1, 0.15) is 18.4 Å². The first-order chi connectivity index (χ1) is 9.85. The van der Waals surface area contributed by atoms with Crippen LogP contribution in [0.15, 0.2) is 48.5 Å². The second-order valence-corrected chi connectivity index (χ2v) is 5.40. The lowest BCUT2D eigenvalue weighted by molar-refractivity contribution is 0.415. The molecule has 0 atom stereocenters. The van der Waals surface area contributed by atoms with Crippen molar-refractivity contribution in [3.05, 3.63) is 54.1 Å². The summed E-state index contributed by atoms with van der Waals surface area (Å²) in [7, 11) is 1.69. The van der Waals surface area contributed by atoms with E-state index in [-0.39, 0.29) is 0 Å². The maximum Gasteiger partial charge on any atom is 0.118 e. The van der Waals surface area contributed by atoms with Crippen LogP contribution in [-0.4, -0.2) is 19.7 Å². The van der Waals surface area contributed by atoms with Crippen molar-refractivity contribution in [1.82, 2.24) is 5.32 Å². The van der Waals surface area contributed by atoms with Crippen LogP contribution in [0.3, 0.4) is 0 Å². The standard InChI is InChI=1S/C18H21NO/c1-20-18-10-6-16(7-11-18)15-4-2-14(3-5-15)12-13-19-17-8-9-17/h2-7,10-11,17,19H,8-9,12-13H2,1H3. The zero-order chi connectivity index (χ0) is 13.8. The average molecular weight is 267 g/mol. The monoisotopic (exact) mass is 267 g/mol. The highest BCUT2D eigenvalue weighted by Gasteiger charge is 2.19. The van der Waals surface area contributed by atoms with E-state index in [9.17, 15) is 0 Å². The Labute approximate surface area is 120 Å². The largest absolute Gasteiger partial charge is 0.497 e. The van der Waals surface area contributed by atoms with Crippen molar-refractivity contribution in [3.8, 4) is 16.9 Å². The second kappa shape index (κ2) is 6.10. The Kier molecular flexibility index (Phi) is 4.03. The van der Waals surface area contributed by atoms with Gasteiger partial charge in [-0.25, -0.2) is 0 Å². The zero-order valence-electron chi connectivity index (χ0n) is 11.9. The lowest BCUT2D eigenvalue weighted by Gasteiger charge is -2.06. The molecule has 1 saturated carbocycles. The predicted octanol–water partition coefficient (Wildman–Crippen LogP) is 3.66. The van der Waals surface area contributed by atoms with Crippen LogP contribution in [0.5, 0.6) is 5.75 Å². The number of benzene rings is 2. The summed E-state index contributed by atoms with van der Waals surface area (Å²) >= 11 is 0. The van der Waals surface area contributed by atoms with Gasteiger partial charge in [0, 0.05) is 6.04 Å². The fraction of sp³-hybridized carbons (Fsp3) is 0.333. The Bertz CT molecular complexity index is 541. The van der Waals surface area contributed by atoms with Crippen molar-refractivity contribution in [2.75, 3.05) is 13.7 Å². The van der Waals surface area contributed by atoms with Crippen LogP contribution >= 0.6 is 0 Å². The van der Waals surface area contributed by atoms with Crippen molar-refractivity contribution >= 4 is 0 Å². The van der Waals surface area contributed by atoms with Crippen molar-refractivity contribution in [2.24, 2.45) is 0 Å². The van der Waals surface area contributed by atoms with Gasteiger partial charge >= 0.3 is 0 Å². The molecule has 0 heterocycles. The summed E-state index contributed by atoms with van der Waals surface area (Å²) in [4.78, 5) is 0. The third kappa shape index (κ3) is 3.40. The number of hydrogen-bond donors (Lipinski definition) is 1. The van der Waals surface area contributed by atoms with Gasteiger partial charge in [0.2, 0.25) is 0 Å². The normalized spacial score (nSPS) is 14.2. The third-order valence-electron chi connectivity index (χ3n) is 3.80. The molecule has 1 aliphatic carbocycles. The van der Waals surface area contributed by atoms with Crippen LogP contribution < -0.4 is 10.1 Å². The Morgan fingerprint density at radius 2 is 1.55 bits per heavy atom. The molecule has 1 N–H and O–H groups in total. The molecule has 1 fully saturated rings. The number of rotatable bonds is 6. The van der Waals surface area contributed by atoms with E-state index < -0.39 is 0 Å². The second-order valence-electron chi connectivity index (χ2n) is 5.40. The lowest BCUT2D eigenvalue weighted by Crippen LogP contribution is -2.19. The van der Waals surface area contributed by atoms with Gasteiger partial charge in [0.05, 0.1) is 7.11 Å². The first-order valence-electron chi connectivity index (χ1n) is 7.32. The molecule has 2 heteroatoms. The first kappa shape index (κ1) is 13.2. The van der Waals surface area contributed by atoms with Crippen molar-refractivity contribution in [2.45, 2.75) is 25.3 Å². The molecular formula is C18H21NO. The summed E-state index contributed by atoms with van der Waals surface area (Å²) in [6.07, 6.45) is 3.83. The molecule has 3 rings (SSSR count). The van der Waals surface area contributed by atoms with Gasteiger partial charge in [-0.1, -0.05) is 36.4 Å². The predicted molar refractivity (Wildman–Crippen MR) is 83.2 cm³/mol. The summed E-state index contributed by atoms with van der Waals surface area (Å²) in [6.45, 7) is 1.09. The molecule has 0 radical (unpaired) electrons. The SMILES string of the molecule is COc1ccc(-c2ccc(CCNC3CC3)cc2)cc1. The molecule has 2 nitrogen and oxygen atoms in total. The summed E-state index contributed by atoms with van der Waals surface area (Å²) in [5.74, 6) is 0.900. The highest BCUT2D eigenvalue weighted by atomic mass is 16.5. The third-order valence-corrected chi connectivity index (χ3v) is 3.80. The summed E-state index contributed by atoms with van der Waals surface area (Å²) < 4.78 is 5.19. The van der Waals surface area contributed by atoms with Crippen molar-refractivity contribution in [1.29, 1.82) is 0 Å². The van der Waals surface area contributed by atoms with Crippen LogP contribution in [0.4, 0.5) is 0 Å². The van der Waals surface area contributed by atoms with Gasteiger partial charge in [0.25, 0.3) is 0 Å². The summed E-state index contributed by atoms with van der Waals surface area (Å²) in [5, 5.41) is 3.55. The van der Waals surface area contributed by atoms with Crippen molar-refractivity contribution in [3.63, 3.8) is 0 Å². The van der Waals surface area contributed by atoms with Crippen LogP contribution in [0.25, 0.3) is 11.1 Å². The van der Waals surface area contributed by atoms with Gasteiger partial charge < -0.3 is 10.1 Å². The van der Waals surface area contributed by atoms with Gasteiger partial charge in [0.1, 0.15) is 5.75 Å². The molecule has 0 aliphatic heterocycles. The Balaban J connectivity index is 1.61. The van der Waals surface area contributed by atoms with Crippen LogP contribution in [0.2, 0.25) is 0 Å². The van der Waals surface area contributed by atoms with Gasteiger partial charge in [-0.3, -0.25) is 0 Å². The minimum Gasteiger partial charge on any atom is -0.497 e. The molecule has 0 bridgehead atoms. The first-order valence-corrected chi connectivity index (χ1v) is 7.32. The Morgan fingerprint density at radius 3 is 2.10 bits per heavy atom. The minimum absolute atomic E-state index is 0.800. The highest BCUT2D eigenvalue weighted by molar-refractivity contribution is 5.64. The minimum atomic E-state index is 0.800. The van der Waals surface area contributed by atoms with Gasteiger partial charge in [-0.2, -0.15) is 0 Å². The molecule has 1 aliphatic rings. The van der Waals surface area contributed by atoms with E-state index in [1.807, 2.05) is 12.1 Å². The average Bonchev–Trinajstić information content (AvgIpc) is 3.32. The topological polar surface area (TPSA) is 21.3 Å². The number of nitrogens with one attached hydrogen (secondary N) is 1. The molecule has 0 spiro atoms. The molecular weight excluding hydrogens is 246 g/mol. The van der Waals surface area contributed by atoms with Crippen LogP contribution in [-0.2, 0) is 6.42 Å². The molecule has 0 aromatic heterocycles. The molecule has 2 aromatic carbocycles. The molecule has 20 heavy (non-hydrogen) atoms. The van der Waals surface area contributed by atoms with E-state index in [1.54, 1.807) is 7.11 Å². The highest BCUT2D eigenvalue weighted by Crippen LogP contribution is 2.23. The molecule has 2 aromatic rings. The molecule has 104 valence electrons. The number of ether oxygens (including phenoxy) is 1. The Hall–Kier alpha value is -1.80. The Morgan fingerprint density at radius 1 is 0.950 bits per heavy atom. The maximum atomic E-state index is 5.19. The van der Waals surface area contributed by atoms with E-state index in [4.69, 9.17) is 4.74 Å². The fourth-order valence-electron chi connectivity index (χ4n) is 2.36. The maximum absolute atomic E-state index is 5.19. The van der Waals surface area contributed by atoms with E-state index in [0.717, 1.165) is 24.8 Å². The molecule has 0 saturated heterocycles. The van der Waals surface area contributed by atoms with Gasteiger partial charge in [0.15, 0.2) is 0 Å². The molecule has 0 unspecified atom stereocenters. The number of methoxy groups -OCH3 is 1. The van der Waals surface area contributed by atoms with E-state index in [0.29, 0.717) is 0 Å². The van der Waals surface area contributed by atoms with Crippen molar-refractivity contribution < 1.29 is 4.74 Å².